The second-order valence-electron chi connectivity index (χ2n) is 6.13. The molecule has 0 aliphatic carbocycles. The molecule has 0 saturated carbocycles. The number of rotatable bonds is 5. The minimum atomic E-state index is -0.844. The Morgan fingerprint density at radius 1 is 1.30 bits per heavy atom. The first-order valence-corrected chi connectivity index (χ1v) is 8.23. The molecule has 0 spiro atoms. The highest BCUT2D eigenvalue weighted by Gasteiger charge is 2.32. The second kappa shape index (κ2) is 6.44. The number of nitrogens with zero attached hydrogens (tertiary/aromatic N) is 2. The van der Waals surface area contributed by atoms with Crippen LogP contribution < -0.4 is 0 Å². The standard InChI is InChI=1S/C18H22N2O3/c1-2-9-20-15-8-4-3-6-13(15)11-16(20)18(23)19-10-5-7-14(19)12-17(21)22/h3-4,6,8,11,14H,2,5,7,9-10,12H2,1H3,(H,21,22). The Hall–Kier alpha value is -2.30. The van der Waals surface area contributed by atoms with Gasteiger partial charge >= 0.3 is 5.97 Å². The fourth-order valence-corrected chi connectivity index (χ4v) is 3.52. The van der Waals surface area contributed by atoms with Gasteiger partial charge in [-0.3, -0.25) is 9.59 Å². The number of aliphatic carboxylic acids is 1. The minimum absolute atomic E-state index is 0.0275. The molecule has 5 heteroatoms. The van der Waals surface area contributed by atoms with Crippen molar-refractivity contribution in [2.45, 2.75) is 45.2 Å². The third kappa shape index (κ3) is 2.96. The second-order valence-corrected chi connectivity index (χ2v) is 6.13. The summed E-state index contributed by atoms with van der Waals surface area (Å²) in [6.45, 7) is 3.52. The Bertz CT molecular complexity index is 735. The fraction of sp³-hybridized carbons (Fsp3) is 0.444. The number of carboxylic acid groups (broad SMARTS) is 1. The van der Waals surface area contributed by atoms with Crippen molar-refractivity contribution in [3.8, 4) is 0 Å². The maximum absolute atomic E-state index is 13.0. The molecule has 1 aromatic heterocycles. The fourth-order valence-electron chi connectivity index (χ4n) is 3.52. The maximum atomic E-state index is 13.0. The number of carbonyl (C=O) groups is 2. The molecule has 1 aliphatic rings. The summed E-state index contributed by atoms with van der Waals surface area (Å²) >= 11 is 0. The molecule has 1 atom stereocenters. The van der Waals surface area contributed by atoms with Gasteiger partial charge in [0.25, 0.3) is 5.91 Å². The van der Waals surface area contributed by atoms with Crippen LogP contribution in [-0.2, 0) is 11.3 Å². The molecule has 1 amide bonds. The summed E-state index contributed by atoms with van der Waals surface area (Å²) in [5, 5.41) is 10.1. The summed E-state index contributed by atoms with van der Waals surface area (Å²) in [5.74, 6) is -0.887. The largest absolute Gasteiger partial charge is 0.481 e. The molecule has 1 saturated heterocycles. The van der Waals surface area contributed by atoms with Gasteiger partial charge in [0.15, 0.2) is 0 Å². The van der Waals surface area contributed by atoms with Crippen LogP contribution in [0, 0.1) is 0 Å². The van der Waals surface area contributed by atoms with Crippen molar-refractivity contribution in [3.63, 3.8) is 0 Å². The molecule has 0 radical (unpaired) electrons. The topological polar surface area (TPSA) is 62.5 Å². The summed E-state index contributed by atoms with van der Waals surface area (Å²) in [7, 11) is 0. The molecule has 3 rings (SSSR count). The summed E-state index contributed by atoms with van der Waals surface area (Å²) in [6.07, 6.45) is 2.61. The molecular formula is C18H22N2O3. The Morgan fingerprint density at radius 3 is 2.83 bits per heavy atom. The first kappa shape index (κ1) is 15.6. The highest BCUT2D eigenvalue weighted by Crippen LogP contribution is 2.26. The van der Waals surface area contributed by atoms with Crippen molar-refractivity contribution in [1.29, 1.82) is 0 Å². The molecule has 122 valence electrons. The monoisotopic (exact) mass is 314 g/mol. The number of benzene rings is 1. The summed E-state index contributed by atoms with van der Waals surface area (Å²) in [6, 6.07) is 9.73. The van der Waals surface area contributed by atoms with Crippen LogP contribution in [-0.4, -0.2) is 39.0 Å². The van der Waals surface area contributed by atoms with E-state index in [0.29, 0.717) is 12.2 Å². The van der Waals surface area contributed by atoms with Crippen molar-refractivity contribution in [3.05, 3.63) is 36.0 Å². The number of amides is 1. The predicted molar refractivity (Wildman–Crippen MR) is 88.5 cm³/mol. The van der Waals surface area contributed by atoms with E-state index in [1.807, 2.05) is 30.3 Å². The van der Waals surface area contributed by atoms with Gasteiger partial charge in [0.2, 0.25) is 0 Å². The number of hydrogen-bond donors (Lipinski definition) is 1. The van der Waals surface area contributed by atoms with E-state index in [1.54, 1.807) is 4.90 Å². The predicted octanol–water partition coefficient (Wildman–Crippen LogP) is 3.13. The van der Waals surface area contributed by atoms with Gasteiger partial charge in [-0.25, -0.2) is 0 Å². The minimum Gasteiger partial charge on any atom is -0.481 e. The Morgan fingerprint density at radius 2 is 2.09 bits per heavy atom. The van der Waals surface area contributed by atoms with E-state index in [1.165, 1.54) is 0 Å². The lowest BCUT2D eigenvalue weighted by atomic mass is 10.1. The number of fused-ring (bicyclic) bond motifs is 1. The van der Waals surface area contributed by atoms with Crippen LogP contribution in [0.4, 0.5) is 0 Å². The van der Waals surface area contributed by atoms with Crippen molar-refractivity contribution in [2.75, 3.05) is 6.54 Å². The Kier molecular flexibility index (Phi) is 4.37. The van der Waals surface area contributed by atoms with Crippen LogP contribution in [0.5, 0.6) is 0 Å². The van der Waals surface area contributed by atoms with Crippen molar-refractivity contribution in [2.24, 2.45) is 0 Å². The number of hydrogen-bond acceptors (Lipinski definition) is 2. The summed E-state index contributed by atoms with van der Waals surface area (Å²) < 4.78 is 2.06. The zero-order chi connectivity index (χ0) is 16.4. The van der Waals surface area contributed by atoms with Crippen LogP contribution in [0.1, 0.15) is 43.1 Å². The van der Waals surface area contributed by atoms with E-state index in [0.717, 1.165) is 36.7 Å². The molecule has 0 bridgehead atoms. The number of carboxylic acids is 1. The third-order valence-electron chi connectivity index (χ3n) is 4.53. The lowest BCUT2D eigenvalue weighted by molar-refractivity contribution is -0.137. The molecule has 2 heterocycles. The van der Waals surface area contributed by atoms with Crippen LogP contribution in [0.2, 0.25) is 0 Å². The Balaban J connectivity index is 1.96. The lowest BCUT2D eigenvalue weighted by Crippen LogP contribution is -2.37. The number of para-hydroxylation sites is 1. The van der Waals surface area contributed by atoms with E-state index < -0.39 is 5.97 Å². The zero-order valence-corrected chi connectivity index (χ0v) is 13.4. The van der Waals surface area contributed by atoms with Gasteiger partial charge in [-0.2, -0.15) is 0 Å². The van der Waals surface area contributed by atoms with Crippen LogP contribution in [0.15, 0.2) is 30.3 Å². The van der Waals surface area contributed by atoms with Crippen LogP contribution in [0.3, 0.4) is 0 Å². The van der Waals surface area contributed by atoms with Gasteiger partial charge in [-0.05, 0) is 31.4 Å². The van der Waals surface area contributed by atoms with E-state index in [-0.39, 0.29) is 18.4 Å². The number of aryl methyl sites for hydroxylation is 1. The smallest absolute Gasteiger partial charge is 0.305 e. The van der Waals surface area contributed by atoms with Gasteiger partial charge in [-0.15, -0.1) is 0 Å². The molecular weight excluding hydrogens is 292 g/mol. The Labute approximate surface area is 135 Å². The average molecular weight is 314 g/mol. The molecule has 5 nitrogen and oxygen atoms in total. The van der Waals surface area contributed by atoms with Gasteiger partial charge < -0.3 is 14.6 Å². The lowest BCUT2D eigenvalue weighted by Gasteiger charge is -2.24. The van der Waals surface area contributed by atoms with Crippen molar-refractivity contribution >= 4 is 22.8 Å². The van der Waals surface area contributed by atoms with Crippen molar-refractivity contribution in [1.82, 2.24) is 9.47 Å². The average Bonchev–Trinajstić information content (AvgIpc) is 3.12. The summed E-state index contributed by atoms with van der Waals surface area (Å²) in [5.41, 5.74) is 1.73. The highest BCUT2D eigenvalue weighted by atomic mass is 16.4. The number of carbonyl (C=O) groups excluding carboxylic acids is 1. The normalized spacial score (nSPS) is 17.8. The van der Waals surface area contributed by atoms with E-state index >= 15 is 0 Å². The molecule has 2 aromatic rings. The SMILES string of the molecule is CCCn1c(C(=O)N2CCCC2CC(=O)O)cc2ccccc21. The third-order valence-corrected chi connectivity index (χ3v) is 4.53. The van der Waals surface area contributed by atoms with E-state index in [4.69, 9.17) is 5.11 Å². The van der Waals surface area contributed by atoms with E-state index in [2.05, 4.69) is 11.5 Å². The first-order valence-electron chi connectivity index (χ1n) is 8.23. The van der Waals surface area contributed by atoms with Gasteiger partial charge in [0, 0.05) is 30.0 Å². The van der Waals surface area contributed by atoms with Crippen molar-refractivity contribution < 1.29 is 14.7 Å². The molecule has 23 heavy (non-hydrogen) atoms. The summed E-state index contributed by atoms with van der Waals surface area (Å²) in [4.78, 5) is 25.8. The molecule has 1 unspecified atom stereocenters. The maximum Gasteiger partial charge on any atom is 0.305 e. The van der Waals surface area contributed by atoms with Crippen LogP contribution >= 0.6 is 0 Å². The number of likely N-dealkylation sites (tertiary alicyclic amines) is 1. The molecule has 1 aromatic carbocycles. The first-order chi connectivity index (χ1) is 11.1. The highest BCUT2D eigenvalue weighted by molar-refractivity contribution is 5.99. The van der Waals surface area contributed by atoms with E-state index in [9.17, 15) is 9.59 Å². The number of aromatic nitrogens is 1. The molecule has 1 fully saturated rings. The van der Waals surface area contributed by atoms with Gasteiger partial charge in [0.1, 0.15) is 5.69 Å². The zero-order valence-electron chi connectivity index (χ0n) is 13.4. The van der Waals surface area contributed by atoms with Gasteiger partial charge in [-0.1, -0.05) is 25.1 Å². The molecule has 1 N–H and O–H groups in total. The van der Waals surface area contributed by atoms with Gasteiger partial charge in [0.05, 0.1) is 6.42 Å². The molecule has 1 aliphatic heterocycles. The van der Waals surface area contributed by atoms with Crippen LogP contribution in [0.25, 0.3) is 10.9 Å². The quantitative estimate of drug-likeness (QED) is 0.922.